The fourth-order valence-corrected chi connectivity index (χ4v) is 2.95. The van der Waals surface area contributed by atoms with Crippen LogP contribution in [0.15, 0.2) is 60.7 Å². The zero-order valence-electron chi connectivity index (χ0n) is 12.7. The van der Waals surface area contributed by atoms with Gasteiger partial charge in [-0.25, -0.2) is 0 Å². The first-order valence-electron chi connectivity index (χ1n) is 7.95. The average molecular weight is 294 g/mol. The van der Waals surface area contributed by atoms with Gasteiger partial charge in [-0.05, 0) is 37.1 Å². The van der Waals surface area contributed by atoms with Crippen LogP contribution >= 0.6 is 0 Å². The molecule has 1 aliphatic heterocycles. The fraction of sp³-hybridized carbons (Fsp3) is 0.316. The van der Waals surface area contributed by atoms with Crippen LogP contribution in [0.5, 0.6) is 0 Å². The van der Waals surface area contributed by atoms with Crippen molar-refractivity contribution in [3.63, 3.8) is 0 Å². The van der Waals surface area contributed by atoms with Crippen LogP contribution in [0, 0.1) is 5.92 Å². The van der Waals surface area contributed by atoms with Crippen LogP contribution in [0.1, 0.15) is 18.4 Å². The Labute approximate surface area is 132 Å². The van der Waals surface area contributed by atoms with Crippen molar-refractivity contribution in [2.75, 3.05) is 18.0 Å². The molecule has 0 spiro atoms. The van der Waals surface area contributed by atoms with E-state index in [4.69, 9.17) is 0 Å². The minimum atomic E-state index is 0.0812. The van der Waals surface area contributed by atoms with E-state index in [2.05, 4.69) is 17.4 Å². The van der Waals surface area contributed by atoms with E-state index in [0.717, 1.165) is 37.2 Å². The molecule has 1 heterocycles. The van der Waals surface area contributed by atoms with E-state index < -0.39 is 0 Å². The van der Waals surface area contributed by atoms with Gasteiger partial charge in [-0.2, -0.15) is 0 Å². The molecule has 1 N–H and O–H groups in total. The molecule has 1 saturated heterocycles. The minimum Gasteiger partial charge on any atom is -0.316 e. The molecule has 0 saturated carbocycles. The van der Waals surface area contributed by atoms with Gasteiger partial charge in [0.25, 0.3) is 0 Å². The SMILES string of the molecule is O=C(C1CCCNC1)N(Cc1ccccc1)c1ccccc1. The van der Waals surface area contributed by atoms with Crippen molar-refractivity contribution in [3.8, 4) is 0 Å². The lowest BCUT2D eigenvalue weighted by atomic mass is 9.97. The van der Waals surface area contributed by atoms with Crippen LogP contribution in [0.4, 0.5) is 5.69 Å². The molecule has 0 radical (unpaired) electrons. The zero-order valence-corrected chi connectivity index (χ0v) is 12.7. The highest BCUT2D eigenvalue weighted by molar-refractivity contribution is 5.95. The summed E-state index contributed by atoms with van der Waals surface area (Å²) >= 11 is 0. The number of nitrogens with zero attached hydrogens (tertiary/aromatic N) is 1. The molecule has 3 nitrogen and oxygen atoms in total. The van der Waals surface area contributed by atoms with Gasteiger partial charge in [0, 0.05) is 12.2 Å². The number of hydrogen-bond donors (Lipinski definition) is 1. The molecule has 1 aliphatic rings. The third-order valence-electron chi connectivity index (χ3n) is 4.16. The van der Waals surface area contributed by atoms with Gasteiger partial charge in [0.05, 0.1) is 12.5 Å². The average Bonchev–Trinajstić information content (AvgIpc) is 2.61. The first kappa shape index (κ1) is 14.8. The van der Waals surface area contributed by atoms with Crippen LogP contribution in [0.3, 0.4) is 0 Å². The number of carbonyl (C=O) groups excluding carboxylic acids is 1. The number of carbonyl (C=O) groups is 1. The van der Waals surface area contributed by atoms with Gasteiger partial charge in [0.15, 0.2) is 0 Å². The topological polar surface area (TPSA) is 32.3 Å². The van der Waals surface area contributed by atoms with E-state index in [0.29, 0.717) is 6.54 Å². The summed E-state index contributed by atoms with van der Waals surface area (Å²) in [5.74, 6) is 0.305. The van der Waals surface area contributed by atoms with Gasteiger partial charge >= 0.3 is 0 Å². The number of amides is 1. The molecule has 1 fully saturated rings. The number of nitrogens with one attached hydrogen (secondary N) is 1. The maximum absolute atomic E-state index is 13.0. The van der Waals surface area contributed by atoms with E-state index in [9.17, 15) is 4.79 Å². The fourth-order valence-electron chi connectivity index (χ4n) is 2.95. The summed E-state index contributed by atoms with van der Waals surface area (Å²) in [4.78, 5) is 14.9. The first-order valence-corrected chi connectivity index (χ1v) is 7.95. The van der Waals surface area contributed by atoms with Gasteiger partial charge < -0.3 is 10.2 Å². The van der Waals surface area contributed by atoms with Crippen LogP contribution in [0.2, 0.25) is 0 Å². The van der Waals surface area contributed by atoms with Crippen molar-refractivity contribution in [1.29, 1.82) is 0 Å². The Balaban J connectivity index is 1.84. The molecule has 2 aromatic rings. The highest BCUT2D eigenvalue weighted by atomic mass is 16.2. The molecular weight excluding hydrogens is 272 g/mol. The lowest BCUT2D eigenvalue weighted by molar-refractivity contribution is -0.123. The second-order valence-electron chi connectivity index (χ2n) is 5.79. The molecule has 0 aliphatic carbocycles. The summed E-state index contributed by atoms with van der Waals surface area (Å²) in [7, 11) is 0. The maximum Gasteiger partial charge on any atom is 0.231 e. The summed E-state index contributed by atoms with van der Waals surface area (Å²) in [5.41, 5.74) is 2.13. The number of benzene rings is 2. The normalized spacial score (nSPS) is 17.9. The molecule has 2 aromatic carbocycles. The molecule has 0 aromatic heterocycles. The summed E-state index contributed by atoms with van der Waals surface area (Å²) < 4.78 is 0. The van der Waals surface area contributed by atoms with Crippen molar-refractivity contribution in [1.82, 2.24) is 5.32 Å². The van der Waals surface area contributed by atoms with Crippen LogP contribution in [-0.4, -0.2) is 19.0 Å². The van der Waals surface area contributed by atoms with Gasteiger partial charge in [0.2, 0.25) is 5.91 Å². The van der Waals surface area contributed by atoms with Gasteiger partial charge in [0.1, 0.15) is 0 Å². The maximum atomic E-state index is 13.0. The van der Waals surface area contributed by atoms with E-state index in [-0.39, 0.29) is 11.8 Å². The Morgan fingerprint density at radius 2 is 1.73 bits per heavy atom. The summed E-state index contributed by atoms with van der Waals surface area (Å²) in [6.07, 6.45) is 2.05. The Kier molecular flexibility index (Phi) is 4.86. The van der Waals surface area contributed by atoms with Crippen molar-refractivity contribution in [2.45, 2.75) is 19.4 Å². The monoisotopic (exact) mass is 294 g/mol. The van der Waals surface area contributed by atoms with E-state index >= 15 is 0 Å². The van der Waals surface area contributed by atoms with Crippen molar-refractivity contribution in [3.05, 3.63) is 66.2 Å². The van der Waals surface area contributed by atoms with Gasteiger partial charge in [-0.3, -0.25) is 4.79 Å². The first-order chi connectivity index (χ1) is 10.8. The molecule has 3 rings (SSSR count). The van der Waals surface area contributed by atoms with Crippen LogP contribution in [-0.2, 0) is 11.3 Å². The highest BCUT2D eigenvalue weighted by Gasteiger charge is 2.26. The largest absolute Gasteiger partial charge is 0.316 e. The molecule has 1 unspecified atom stereocenters. The minimum absolute atomic E-state index is 0.0812. The van der Waals surface area contributed by atoms with E-state index in [1.54, 1.807) is 0 Å². The van der Waals surface area contributed by atoms with Crippen LogP contribution < -0.4 is 10.2 Å². The standard InChI is InChI=1S/C19H22N2O/c22-19(17-10-7-13-20-14-17)21(18-11-5-2-6-12-18)15-16-8-3-1-4-9-16/h1-6,8-9,11-12,17,20H,7,10,13-15H2. The molecule has 3 heteroatoms. The zero-order chi connectivity index (χ0) is 15.2. The van der Waals surface area contributed by atoms with E-state index in [1.807, 2.05) is 53.4 Å². The van der Waals surface area contributed by atoms with E-state index in [1.165, 1.54) is 0 Å². The molecule has 114 valence electrons. The summed E-state index contributed by atoms with van der Waals surface area (Å²) in [6.45, 7) is 2.44. The Hall–Kier alpha value is -2.13. The Morgan fingerprint density at radius 3 is 2.36 bits per heavy atom. The van der Waals surface area contributed by atoms with Crippen molar-refractivity contribution >= 4 is 11.6 Å². The molecule has 0 bridgehead atoms. The van der Waals surface area contributed by atoms with Crippen molar-refractivity contribution in [2.24, 2.45) is 5.92 Å². The lowest BCUT2D eigenvalue weighted by Crippen LogP contribution is -2.42. The summed E-state index contributed by atoms with van der Waals surface area (Å²) in [5, 5.41) is 3.34. The molecule has 22 heavy (non-hydrogen) atoms. The number of piperidine rings is 1. The number of hydrogen-bond acceptors (Lipinski definition) is 2. The molecule has 1 amide bonds. The Morgan fingerprint density at radius 1 is 1.05 bits per heavy atom. The quantitative estimate of drug-likeness (QED) is 0.939. The molecule has 1 atom stereocenters. The second kappa shape index (κ2) is 7.23. The molecular formula is C19H22N2O. The number of rotatable bonds is 4. The lowest BCUT2D eigenvalue weighted by Gasteiger charge is -2.30. The second-order valence-corrected chi connectivity index (χ2v) is 5.79. The number of para-hydroxylation sites is 1. The number of anilines is 1. The van der Waals surface area contributed by atoms with Crippen molar-refractivity contribution < 1.29 is 4.79 Å². The highest BCUT2D eigenvalue weighted by Crippen LogP contribution is 2.22. The predicted octanol–water partition coefficient (Wildman–Crippen LogP) is 3.22. The van der Waals surface area contributed by atoms with Gasteiger partial charge in [-0.15, -0.1) is 0 Å². The third kappa shape index (κ3) is 3.55. The predicted molar refractivity (Wildman–Crippen MR) is 89.7 cm³/mol. The summed E-state index contributed by atoms with van der Waals surface area (Å²) in [6, 6.07) is 20.2. The third-order valence-corrected chi connectivity index (χ3v) is 4.16. The smallest absolute Gasteiger partial charge is 0.231 e. The Bertz CT molecular complexity index is 591. The van der Waals surface area contributed by atoms with Crippen LogP contribution in [0.25, 0.3) is 0 Å². The van der Waals surface area contributed by atoms with Gasteiger partial charge in [-0.1, -0.05) is 48.5 Å².